The number of likely N-dealkylation sites (N-methyl/N-ethyl adjacent to an activating group) is 2. The van der Waals surface area contributed by atoms with Crippen LogP contribution in [0.2, 0.25) is 0 Å². The monoisotopic (exact) mass is 636 g/mol. The quantitative estimate of drug-likeness (QED) is 0.178. The molecular weight excluding hydrogens is 593 g/mol. The number of carbonyl (C=O) groups excluding carboxylic acids is 3. The van der Waals surface area contributed by atoms with Gasteiger partial charge in [0, 0.05) is 43.9 Å². The maximum Gasteiger partial charge on any atom is 0.246 e. The highest BCUT2D eigenvalue weighted by atomic mass is 32.1. The van der Waals surface area contributed by atoms with Gasteiger partial charge in [-0.05, 0) is 71.5 Å². The molecule has 1 aliphatic rings. The number of rotatable bonds is 14. The van der Waals surface area contributed by atoms with Crippen molar-refractivity contribution < 1.29 is 14.4 Å². The standard InChI is InChI=1S/C38H44N4O3S/c1-41(35(43)16-8-20-38(39)21-10-22-38)34(26-29-17-18-30-13-6-7-14-31(30)25-29)37(45)42(2)33(27-32-15-9-24-46-32)36(44)40-23-19-28-11-4-3-5-12-28/h3-9,11-18,24-25,33-34H,10,19-23,26-27,39H2,1-2H3,(H,40,44)/b16-8+/t33-,34-/m1/s1. The van der Waals surface area contributed by atoms with Crippen LogP contribution in [0.1, 0.15) is 41.7 Å². The van der Waals surface area contributed by atoms with Crippen molar-refractivity contribution in [2.75, 3.05) is 20.6 Å². The zero-order valence-electron chi connectivity index (χ0n) is 26.7. The Kier molecular flexibility index (Phi) is 11.0. The van der Waals surface area contributed by atoms with Crippen LogP contribution >= 0.6 is 11.3 Å². The molecule has 0 unspecified atom stereocenters. The molecule has 0 bridgehead atoms. The number of nitrogens with two attached hydrogens (primary N) is 1. The van der Waals surface area contributed by atoms with Crippen molar-refractivity contribution >= 4 is 39.8 Å². The number of carbonyl (C=O) groups is 3. The summed E-state index contributed by atoms with van der Waals surface area (Å²) < 4.78 is 0. The van der Waals surface area contributed by atoms with E-state index in [9.17, 15) is 14.4 Å². The molecule has 0 spiro atoms. The molecule has 0 aliphatic heterocycles. The van der Waals surface area contributed by atoms with Gasteiger partial charge in [-0.2, -0.15) is 0 Å². The Labute approximate surface area is 276 Å². The maximum atomic E-state index is 14.4. The van der Waals surface area contributed by atoms with Crippen LogP contribution < -0.4 is 11.1 Å². The number of nitrogens with zero attached hydrogens (tertiary/aromatic N) is 2. The summed E-state index contributed by atoms with van der Waals surface area (Å²) in [7, 11) is 3.34. The smallest absolute Gasteiger partial charge is 0.246 e. The van der Waals surface area contributed by atoms with Gasteiger partial charge >= 0.3 is 0 Å². The van der Waals surface area contributed by atoms with E-state index in [0.717, 1.165) is 46.0 Å². The number of benzene rings is 3. The first kappa shape index (κ1) is 33.1. The number of amides is 3. The predicted octanol–water partition coefficient (Wildman–Crippen LogP) is 5.53. The minimum absolute atomic E-state index is 0.216. The van der Waals surface area contributed by atoms with E-state index in [-0.39, 0.29) is 23.3 Å². The van der Waals surface area contributed by atoms with Gasteiger partial charge in [0.05, 0.1) is 0 Å². The van der Waals surface area contributed by atoms with E-state index in [1.54, 1.807) is 25.4 Å². The topological polar surface area (TPSA) is 95.7 Å². The number of thiophene rings is 1. The molecule has 1 aromatic heterocycles. The molecule has 0 saturated heterocycles. The summed E-state index contributed by atoms with van der Waals surface area (Å²) in [5.41, 5.74) is 8.20. The summed E-state index contributed by atoms with van der Waals surface area (Å²) in [6.45, 7) is 0.457. The van der Waals surface area contributed by atoms with Crippen LogP contribution in [0.25, 0.3) is 10.8 Å². The van der Waals surface area contributed by atoms with Gasteiger partial charge in [0.15, 0.2) is 0 Å². The molecule has 46 heavy (non-hydrogen) atoms. The Morgan fingerprint density at radius 2 is 1.61 bits per heavy atom. The van der Waals surface area contributed by atoms with Gasteiger partial charge in [0.1, 0.15) is 12.1 Å². The normalized spacial score (nSPS) is 15.2. The zero-order valence-corrected chi connectivity index (χ0v) is 27.5. The fourth-order valence-electron chi connectivity index (χ4n) is 5.99. The number of hydrogen-bond acceptors (Lipinski definition) is 5. The predicted molar refractivity (Wildman–Crippen MR) is 186 cm³/mol. The van der Waals surface area contributed by atoms with Crippen molar-refractivity contribution in [1.29, 1.82) is 0 Å². The third-order valence-corrected chi connectivity index (χ3v) is 10.0. The van der Waals surface area contributed by atoms with E-state index in [2.05, 4.69) is 11.4 Å². The summed E-state index contributed by atoms with van der Waals surface area (Å²) in [6, 6.07) is 26.5. The first-order valence-electron chi connectivity index (χ1n) is 16.0. The Morgan fingerprint density at radius 3 is 2.30 bits per heavy atom. The van der Waals surface area contributed by atoms with E-state index in [1.165, 1.54) is 15.9 Å². The molecule has 2 atom stereocenters. The lowest BCUT2D eigenvalue weighted by Gasteiger charge is -2.37. The van der Waals surface area contributed by atoms with Crippen molar-refractivity contribution in [1.82, 2.24) is 15.1 Å². The summed E-state index contributed by atoms with van der Waals surface area (Å²) in [5.74, 6) is -0.767. The molecule has 240 valence electrons. The summed E-state index contributed by atoms with van der Waals surface area (Å²) in [6.07, 6.45) is 8.40. The summed E-state index contributed by atoms with van der Waals surface area (Å²) in [5, 5.41) is 7.20. The minimum Gasteiger partial charge on any atom is -0.354 e. The van der Waals surface area contributed by atoms with E-state index < -0.39 is 12.1 Å². The second kappa shape index (κ2) is 15.3. The molecular formula is C38H44N4O3S. The third-order valence-electron chi connectivity index (χ3n) is 9.13. The molecule has 4 aromatic rings. The van der Waals surface area contributed by atoms with Crippen LogP contribution in [-0.4, -0.2) is 65.8 Å². The van der Waals surface area contributed by atoms with Crippen LogP contribution in [0.15, 0.2) is 102 Å². The Balaban J connectivity index is 1.37. The molecule has 5 rings (SSSR count). The average Bonchev–Trinajstić information content (AvgIpc) is 3.58. The fourth-order valence-corrected chi connectivity index (χ4v) is 6.73. The van der Waals surface area contributed by atoms with E-state index >= 15 is 0 Å². The summed E-state index contributed by atoms with van der Waals surface area (Å²) in [4.78, 5) is 45.7. The zero-order chi connectivity index (χ0) is 32.5. The Hall–Kier alpha value is -4.27. The van der Waals surface area contributed by atoms with Gasteiger partial charge in [-0.3, -0.25) is 14.4 Å². The van der Waals surface area contributed by atoms with Crippen molar-refractivity contribution in [3.8, 4) is 0 Å². The van der Waals surface area contributed by atoms with Gasteiger partial charge in [-0.15, -0.1) is 11.3 Å². The third kappa shape index (κ3) is 8.50. The van der Waals surface area contributed by atoms with E-state index in [0.29, 0.717) is 32.2 Å². The lowest BCUT2D eigenvalue weighted by atomic mass is 9.75. The lowest BCUT2D eigenvalue weighted by Crippen LogP contribution is -2.56. The maximum absolute atomic E-state index is 14.4. The SMILES string of the molecule is CN(C(=O)/C=C/CC1(N)CCC1)[C@H](Cc1ccc2ccccc2c1)C(=O)N(C)[C@H](Cc1cccs1)C(=O)NCCc1ccccc1. The Morgan fingerprint density at radius 1 is 0.870 bits per heavy atom. The number of hydrogen-bond donors (Lipinski definition) is 2. The molecule has 0 radical (unpaired) electrons. The van der Waals surface area contributed by atoms with Gasteiger partial charge in [-0.1, -0.05) is 84.9 Å². The van der Waals surface area contributed by atoms with Crippen molar-refractivity contribution in [3.63, 3.8) is 0 Å². The van der Waals surface area contributed by atoms with E-state index in [1.807, 2.05) is 90.3 Å². The van der Waals surface area contributed by atoms with Gasteiger partial charge in [0.25, 0.3) is 0 Å². The largest absolute Gasteiger partial charge is 0.354 e. The highest BCUT2D eigenvalue weighted by Crippen LogP contribution is 2.32. The highest BCUT2D eigenvalue weighted by molar-refractivity contribution is 7.09. The van der Waals surface area contributed by atoms with Gasteiger partial charge in [0.2, 0.25) is 17.7 Å². The fraction of sp³-hybridized carbons (Fsp3) is 0.342. The molecule has 1 saturated carbocycles. The van der Waals surface area contributed by atoms with Crippen molar-refractivity contribution in [2.24, 2.45) is 5.73 Å². The number of nitrogens with one attached hydrogen (secondary N) is 1. The molecule has 3 aromatic carbocycles. The second-order valence-corrected chi connectivity index (χ2v) is 13.5. The number of fused-ring (bicyclic) bond motifs is 1. The van der Waals surface area contributed by atoms with E-state index in [4.69, 9.17) is 5.73 Å². The van der Waals surface area contributed by atoms with Crippen molar-refractivity contribution in [3.05, 3.63) is 118 Å². The van der Waals surface area contributed by atoms with Crippen LogP contribution in [0, 0.1) is 0 Å². The molecule has 1 aliphatic carbocycles. The molecule has 3 N–H and O–H groups in total. The average molecular weight is 637 g/mol. The molecule has 1 heterocycles. The van der Waals surface area contributed by atoms with Crippen molar-refractivity contribution in [2.45, 2.75) is 62.6 Å². The minimum atomic E-state index is -0.818. The van der Waals surface area contributed by atoms with Crippen LogP contribution in [0.3, 0.4) is 0 Å². The van der Waals surface area contributed by atoms with Crippen LogP contribution in [0.4, 0.5) is 0 Å². The van der Waals surface area contributed by atoms with Gasteiger partial charge < -0.3 is 20.9 Å². The van der Waals surface area contributed by atoms with Gasteiger partial charge in [-0.25, -0.2) is 0 Å². The van der Waals surface area contributed by atoms with Crippen LogP contribution in [-0.2, 0) is 33.6 Å². The molecule has 8 heteroatoms. The lowest BCUT2D eigenvalue weighted by molar-refractivity contribution is -0.146. The highest BCUT2D eigenvalue weighted by Gasteiger charge is 2.35. The Bertz CT molecular complexity index is 1650. The first-order chi connectivity index (χ1) is 22.2. The molecule has 1 fully saturated rings. The summed E-state index contributed by atoms with van der Waals surface area (Å²) >= 11 is 1.56. The first-order valence-corrected chi connectivity index (χ1v) is 16.9. The second-order valence-electron chi connectivity index (χ2n) is 12.4. The van der Waals surface area contributed by atoms with Crippen LogP contribution in [0.5, 0.6) is 0 Å². The molecule has 7 nitrogen and oxygen atoms in total. The molecule has 3 amide bonds.